The summed E-state index contributed by atoms with van der Waals surface area (Å²) in [5, 5.41) is -0.0149. The maximum atomic E-state index is 12.5. The summed E-state index contributed by atoms with van der Waals surface area (Å²) in [4.78, 5) is 24.7. The molecule has 0 heterocycles. The molecule has 0 aliphatic rings. The molecule has 0 bridgehead atoms. The number of ether oxygens (including phenoxy) is 2. The highest BCUT2D eigenvalue weighted by Gasteiger charge is 2.40. The largest absolute Gasteiger partial charge is 0.461 e. The first-order valence-electron chi connectivity index (χ1n) is 10.4. The molecule has 0 N–H and O–H groups in total. The van der Waals surface area contributed by atoms with Crippen molar-refractivity contribution in [2.75, 3.05) is 6.61 Å². The first kappa shape index (κ1) is 28.4. The molecule has 0 aliphatic heterocycles. The normalized spacial score (nSPS) is 15.0. The Bertz CT molecular complexity index is 666. The van der Waals surface area contributed by atoms with Crippen molar-refractivity contribution in [1.82, 2.24) is 0 Å². The highest BCUT2D eigenvalue weighted by atomic mass is 28.4. The molecule has 172 valence electrons. The van der Waals surface area contributed by atoms with Gasteiger partial charge in [-0.05, 0) is 59.7 Å². The van der Waals surface area contributed by atoms with Gasteiger partial charge < -0.3 is 13.9 Å². The lowest BCUT2D eigenvalue weighted by atomic mass is 9.96. The summed E-state index contributed by atoms with van der Waals surface area (Å²) in [5.74, 6) is 1.96. The van der Waals surface area contributed by atoms with E-state index in [0.29, 0.717) is 5.57 Å². The second-order valence-electron chi connectivity index (χ2n) is 11.4. The predicted molar refractivity (Wildman–Crippen MR) is 124 cm³/mol. The summed E-state index contributed by atoms with van der Waals surface area (Å²) in [6.45, 7) is 25.3. The molecule has 0 saturated heterocycles. The van der Waals surface area contributed by atoms with E-state index in [2.05, 4.69) is 46.4 Å². The van der Waals surface area contributed by atoms with Crippen LogP contribution >= 0.6 is 0 Å². The average Bonchev–Trinajstić information content (AvgIpc) is 2.54. The quantitative estimate of drug-likeness (QED) is 0.217. The highest BCUT2D eigenvalue weighted by molar-refractivity contribution is 6.74. The molecule has 2 atom stereocenters. The van der Waals surface area contributed by atoms with Gasteiger partial charge in [-0.3, -0.25) is 9.59 Å². The SMILES string of the molecule is C#CC(C[C@H](OC(=O)C(C)(C)C)C(=C)COC(=O)C(C)(C)C)O[Si](C)(C)C(C)(C)C. The van der Waals surface area contributed by atoms with Gasteiger partial charge in [0.25, 0.3) is 0 Å². The van der Waals surface area contributed by atoms with Crippen molar-refractivity contribution in [3.05, 3.63) is 12.2 Å². The Morgan fingerprint density at radius 3 is 1.80 bits per heavy atom. The summed E-state index contributed by atoms with van der Waals surface area (Å²) in [6, 6.07) is 0. The van der Waals surface area contributed by atoms with E-state index in [0.717, 1.165) is 0 Å². The predicted octanol–water partition coefficient (Wildman–Crippen LogP) is 5.50. The maximum absolute atomic E-state index is 12.5. The van der Waals surface area contributed by atoms with Gasteiger partial charge in [0.05, 0.1) is 10.8 Å². The molecule has 30 heavy (non-hydrogen) atoms. The van der Waals surface area contributed by atoms with Crippen LogP contribution in [-0.2, 0) is 23.5 Å². The molecule has 0 fully saturated rings. The van der Waals surface area contributed by atoms with Gasteiger partial charge in [-0.2, -0.15) is 0 Å². The fourth-order valence-electron chi connectivity index (χ4n) is 1.95. The smallest absolute Gasteiger partial charge is 0.311 e. The summed E-state index contributed by atoms with van der Waals surface area (Å²) >= 11 is 0. The second kappa shape index (κ2) is 10.1. The van der Waals surface area contributed by atoms with Crippen molar-refractivity contribution < 1.29 is 23.5 Å². The summed E-state index contributed by atoms with van der Waals surface area (Å²) < 4.78 is 17.5. The Hall–Kier alpha value is -1.58. The van der Waals surface area contributed by atoms with Gasteiger partial charge in [0.2, 0.25) is 0 Å². The van der Waals surface area contributed by atoms with E-state index in [1.165, 1.54) is 0 Å². The molecule has 0 aliphatic carbocycles. The van der Waals surface area contributed by atoms with Crippen LogP contribution < -0.4 is 0 Å². The molecule has 1 unspecified atom stereocenters. The van der Waals surface area contributed by atoms with E-state index in [9.17, 15) is 9.59 Å². The van der Waals surface area contributed by atoms with Crippen molar-refractivity contribution in [3.8, 4) is 12.3 Å². The van der Waals surface area contributed by atoms with E-state index in [1.807, 2.05) is 0 Å². The lowest BCUT2D eigenvalue weighted by Crippen LogP contribution is -2.45. The minimum absolute atomic E-state index is 0.0149. The van der Waals surface area contributed by atoms with Crippen LogP contribution in [0.3, 0.4) is 0 Å². The van der Waals surface area contributed by atoms with Crippen LogP contribution in [0, 0.1) is 23.2 Å². The topological polar surface area (TPSA) is 61.8 Å². The fraction of sp³-hybridized carbons (Fsp3) is 0.750. The number of rotatable bonds is 8. The number of hydrogen-bond acceptors (Lipinski definition) is 5. The molecule has 0 aromatic heterocycles. The van der Waals surface area contributed by atoms with E-state index in [4.69, 9.17) is 20.3 Å². The van der Waals surface area contributed by atoms with Crippen LogP contribution in [0.5, 0.6) is 0 Å². The van der Waals surface area contributed by atoms with Crippen molar-refractivity contribution >= 4 is 20.3 Å². The minimum atomic E-state index is -2.13. The number of hydrogen-bond donors (Lipinski definition) is 0. The molecule has 0 aromatic rings. The molecule has 0 aromatic carbocycles. The first-order valence-corrected chi connectivity index (χ1v) is 13.3. The zero-order valence-corrected chi connectivity index (χ0v) is 21.9. The van der Waals surface area contributed by atoms with E-state index in [1.54, 1.807) is 41.5 Å². The Morgan fingerprint density at radius 2 is 1.43 bits per heavy atom. The van der Waals surface area contributed by atoms with Crippen LogP contribution in [0.1, 0.15) is 68.7 Å². The number of carbonyl (C=O) groups is 2. The maximum Gasteiger partial charge on any atom is 0.311 e. The average molecular weight is 439 g/mol. The lowest BCUT2D eigenvalue weighted by Gasteiger charge is -2.38. The van der Waals surface area contributed by atoms with Crippen molar-refractivity contribution in [2.45, 2.75) is 99.1 Å². The molecule has 0 amide bonds. The first-order chi connectivity index (χ1) is 13.2. The monoisotopic (exact) mass is 438 g/mol. The summed E-state index contributed by atoms with van der Waals surface area (Å²) in [5.41, 5.74) is -0.846. The van der Waals surface area contributed by atoms with Crippen LogP contribution in [0.2, 0.25) is 18.1 Å². The van der Waals surface area contributed by atoms with Gasteiger partial charge >= 0.3 is 11.9 Å². The van der Waals surface area contributed by atoms with Gasteiger partial charge in [-0.15, -0.1) is 6.42 Å². The van der Waals surface area contributed by atoms with Gasteiger partial charge in [-0.1, -0.05) is 33.3 Å². The molecule has 0 spiro atoms. The molecule has 5 nitrogen and oxygen atoms in total. The number of terminal acetylenes is 1. The number of carbonyl (C=O) groups excluding carboxylic acids is 2. The van der Waals surface area contributed by atoms with Gasteiger partial charge in [0, 0.05) is 12.0 Å². The molecule has 0 rings (SSSR count). The number of esters is 2. The molecule has 0 saturated carbocycles. The van der Waals surface area contributed by atoms with Crippen molar-refractivity contribution in [3.63, 3.8) is 0 Å². The third kappa shape index (κ3) is 9.05. The second-order valence-corrected chi connectivity index (χ2v) is 16.2. The summed E-state index contributed by atoms with van der Waals surface area (Å²) in [7, 11) is -2.13. The van der Waals surface area contributed by atoms with E-state index >= 15 is 0 Å². The fourth-order valence-corrected chi connectivity index (χ4v) is 3.18. The van der Waals surface area contributed by atoms with Crippen molar-refractivity contribution in [2.24, 2.45) is 10.8 Å². The minimum Gasteiger partial charge on any atom is -0.461 e. The zero-order chi connectivity index (χ0) is 24.1. The highest BCUT2D eigenvalue weighted by Crippen LogP contribution is 2.38. The zero-order valence-electron chi connectivity index (χ0n) is 20.9. The molecule has 6 heteroatoms. The van der Waals surface area contributed by atoms with Gasteiger partial charge in [-0.25, -0.2) is 0 Å². The Morgan fingerprint density at radius 1 is 0.967 bits per heavy atom. The standard InChI is InChI=1S/C24H42O5Si/c1-14-18(29-30(12,13)24(9,10)11)15-19(28-21(26)23(6,7)8)17(2)16-27-20(25)22(3,4)5/h1,18-19H,2,15-16H2,3-13H3/t18?,19-/m0/s1. The van der Waals surface area contributed by atoms with E-state index < -0.39 is 31.4 Å². The molecular weight excluding hydrogens is 396 g/mol. The van der Waals surface area contributed by atoms with Crippen molar-refractivity contribution in [1.29, 1.82) is 0 Å². The van der Waals surface area contributed by atoms with E-state index in [-0.39, 0.29) is 30.0 Å². The van der Waals surface area contributed by atoms with Gasteiger partial charge in [0.1, 0.15) is 18.8 Å². The third-order valence-corrected chi connectivity index (χ3v) is 9.66. The van der Waals surface area contributed by atoms with Crippen LogP contribution in [0.25, 0.3) is 0 Å². The molecule has 0 radical (unpaired) electrons. The Labute approximate surface area is 185 Å². The van der Waals surface area contributed by atoms with Gasteiger partial charge in [0.15, 0.2) is 8.32 Å². The van der Waals surface area contributed by atoms with Crippen LogP contribution in [-0.4, -0.2) is 39.1 Å². The Balaban J connectivity index is 5.52. The van der Waals surface area contributed by atoms with Crippen LogP contribution in [0.4, 0.5) is 0 Å². The lowest BCUT2D eigenvalue weighted by molar-refractivity contribution is -0.158. The van der Waals surface area contributed by atoms with Crippen LogP contribution in [0.15, 0.2) is 12.2 Å². The Kier molecular flexibility index (Phi) is 9.61. The summed E-state index contributed by atoms with van der Waals surface area (Å²) in [6.07, 6.45) is 4.76. The molecular formula is C24H42O5Si. The third-order valence-electron chi connectivity index (χ3n) is 5.18.